The summed E-state index contributed by atoms with van der Waals surface area (Å²) in [5.41, 5.74) is 3.72. The lowest BCUT2D eigenvalue weighted by Gasteiger charge is -2.34. The summed E-state index contributed by atoms with van der Waals surface area (Å²) in [6.07, 6.45) is 1.90. The standard InChI is InChI=1S/C31H34N2O5/c1-36-19-20-38-29-12-11-26(22-27(29)32-30(35)31(13-14-31)33-15-17-37-18-16-33)28(34)21-23-7-9-25(10-8-23)24-5-3-2-4-6-24/h2-12,22H,13-21H2,1H3,(H,32,35). The average molecular weight is 515 g/mol. The molecule has 198 valence electrons. The van der Waals surface area contributed by atoms with Crippen LogP contribution < -0.4 is 10.1 Å². The van der Waals surface area contributed by atoms with E-state index in [0.717, 1.165) is 42.6 Å². The number of ketones is 1. The molecule has 0 aromatic heterocycles. The number of methoxy groups -OCH3 is 1. The van der Waals surface area contributed by atoms with Crippen LogP contribution in [0, 0.1) is 0 Å². The number of amides is 1. The monoisotopic (exact) mass is 514 g/mol. The second kappa shape index (κ2) is 11.9. The van der Waals surface area contributed by atoms with E-state index in [9.17, 15) is 9.59 Å². The van der Waals surface area contributed by atoms with E-state index in [1.165, 1.54) is 0 Å². The number of Topliss-reactive ketones (excluding diaryl/α,β-unsaturated/α-hetero) is 1. The van der Waals surface area contributed by atoms with Crippen molar-refractivity contribution >= 4 is 17.4 Å². The highest BCUT2D eigenvalue weighted by atomic mass is 16.5. The van der Waals surface area contributed by atoms with Gasteiger partial charge in [-0.1, -0.05) is 54.6 Å². The molecule has 1 saturated heterocycles. The lowest BCUT2D eigenvalue weighted by molar-refractivity contribution is -0.124. The van der Waals surface area contributed by atoms with Gasteiger partial charge in [-0.05, 0) is 47.7 Å². The number of nitrogens with one attached hydrogen (secondary N) is 1. The molecule has 3 aromatic rings. The molecule has 1 saturated carbocycles. The van der Waals surface area contributed by atoms with Crippen molar-refractivity contribution in [3.05, 3.63) is 83.9 Å². The fraction of sp³-hybridized carbons (Fsp3) is 0.355. The number of nitrogens with zero attached hydrogens (tertiary/aromatic N) is 1. The third kappa shape index (κ3) is 5.96. The van der Waals surface area contributed by atoms with Crippen molar-refractivity contribution in [1.82, 2.24) is 4.90 Å². The SMILES string of the molecule is COCCOc1ccc(C(=O)Cc2ccc(-c3ccccc3)cc2)cc1NC(=O)C1(N2CCOCC2)CC1. The molecule has 0 spiro atoms. The molecule has 1 heterocycles. The van der Waals surface area contributed by atoms with Crippen molar-refractivity contribution < 1.29 is 23.8 Å². The van der Waals surface area contributed by atoms with Crippen LogP contribution in [0.15, 0.2) is 72.8 Å². The Morgan fingerprint density at radius 2 is 1.63 bits per heavy atom. The molecule has 0 atom stereocenters. The zero-order valence-corrected chi connectivity index (χ0v) is 21.8. The normalized spacial score (nSPS) is 16.6. The minimum atomic E-state index is -0.506. The molecule has 1 amide bonds. The molecular formula is C31H34N2O5. The van der Waals surface area contributed by atoms with E-state index >= 15 is 0 Å². The molecule has 7 nitrogen and oxygen atoms in total. The van der Waals surface area contributed by atoms with Crippen molar-refractivity contribution in [2.24, 2.45) is 0 Å². The van der Waals surface area contributed by atoms with Gasteiger partial charge in [-0.3, -0.25) is 14.5 Å². The maximum Gasteiger partial charge on any atom is 0.245 e. The molecule has 5 rings (SSSR count). The Labute approximate surface area is 223 Å². The molecule has 1 N–H and O–H groups in total. The summed E-state index contributed by atoms with van der Waals surface area (Å²) >= 11 is 0. The van der Waals surface area contributed by atoms with Crippen LogP contribution in [0.25, 0.3) is 11.1 Å². The second-order valence-corrected chi connectivity index (χ2v) is 9.80. The summed E-state index contributed by atoms with van der Waals surface area (Å²) in [5, 5.41) is 3.08. The first-order chi connectivity index (χ1) is 18.6. The molecule has 1 aliphatic heterocycles. The molecule has 2 aliphatic rings. The summed E-state index contributed by atoms with van der Waals surface area (Å²) in [4.78, 5) is 28.9. The van der Waals surface area contributed by atoms with Crippen molar-refractivity contribution in [1.29, 1.82) is 0 Å². The Morgan fingerprint density at radius 3 is 2.32 bits per heavy atom. The third-order valence-electron chi connectivity index (χ3n) is 7.28. The summed E-state index contributed by atoms with van der Waals surface area (Å²) in [5.74, 6) is 0.444. The van der Waals surface area contributed by atoms with Crippen LogP contribution in [-0.2, 0) is 20.7 Å². The van der Waals surface area contributed by atoms with E-state index in [1.54, 1.807) is 25.3 Å². The summed E-state index contributed by atoms with van der Waals surface area (Å²) in [6.45, 7) is 3.52. The van der Waals surface area contributed by atoms with Gasteiger partial charge in [-0.2, -0.15) is 0 Å². The van der Waals surface area contributed by atoms with Gasteiger partial charge in [-0.25, -0.2) is 0 Å². The van der Waals surface area contributed by atoms with Gasteiger partial charge in [0.2, 0.25) is 5.91 Å². The fourth-order valence-electron chi connectivity index (χ4n) is 4.93. The minimum absolute atomic E-state index is 0.0225. The number of carbonyl (C=O) groups excluding carboxylic acids is 2. The molecule has 0 radical (unpaired) electrons. The molecule has 38 heavy (non-hydrogen) atoms. The summed E-state index contributed by atoms with van der Waals surface area (Å²) in [7, 11) is 1.61. The highest BCUT2D eigenvalue weighted by molar-refractivity contribution is 6.03. The summed E-state index contributed by atoms with van der Waals surface area (Å²) in [6, 6.07) is 23.5. The van der Waals surface area contributed by atoms with Crippen molar-refractivity contribution in [3.8, 4) is 16.9 Å². The first-order valence-electron chi connectivity index (χ1n) is 13.2. The van der Waals surface area contributed by atoms with E-state index in [-0.39, 0.29) is 18.1 Å². The minimum Gasteiger partial charge on any atom is -0.489 e. The Morgan fingerprint density at radius 1 is 0.921 bits per heavy atom. The highest BCUT2D eigenvalue weighted by Crippen LogP contribution is 2.43. The predicted octanol–water partition coefficient (Wildman–Crippen LogP) is 4.61. The fourth-order valence-corrected chi connectivity index (χ4v) is 4.93. The van der Waals surface area contributed by atoms with E-state index < -0.39 is 5.54 Å². The largest absolute Gasteiger partial charge is 0.489 e. The van der Waals surface area contributed by atoms with Gasteiger partial charge < -0.3 is 19.5 Å². The van der Waals surface area contributed by atoms with E-state index in [1.807, 2.05) is 42.5 Å². The number of morpholine rings is 1. The summed E-state index contributed by atoms with van der Waals surface area (Å²) < 4.78 is 16.5. The topological polar surface area (TPSA) is 77.1 Å². The number of anilines is 1. The van der Waals surface area contributed by atoms with Gasteiger partial charge in [0.1, 0.15) is 17.9 Å². The first-order valence-corrected chi connectivity index (χ1v) is 13.2. The van der Waals surface area contributed by atoms with Gasteiger partial charge in [0.05, 0.1) is 25.5 Å². The van der Waals surface area contributed by atoms with Gasteiger partial charge in [0, 0.05) is 32.2 Å². The van der Waals surface area contributed by atoms with Crippen LogP contribution in [0.4, 0.5) is 5.69 Å². The first kappa shape index (κ1) is 26.1. The van der Waals surface area contributed by atoms with Crippen molar-refractivity contribution in [2.75, 3.05) is 51.9 Å². The van der Waals surface area contributed by atoms with Crippen LogP contribution in [0.2, 0.25) is 0 Å². The van der Waals surface area contributed by atoms with Gasteiger partial charge >= 0.3 is 0 Å². The van der Waals surface area contributed by atoms with Crippen LogP contribution in [0.5, 0.6) is 5.75 Å². The molecule has 0 unspecified atom stereocenters. The lowest BCUT2D eigenvalue weighted by atomic mass is 9.99. The van der Waals surface area contributed by atoms with Crippen molar-refractivity contribution in [2.45, 2.75) is 24.8 Å². The molecule has 2 fully saturated rings. The quantitative estimate of drug-likeness (QED) is 0.298. The molecule has 3 aromatic carbocycles. The van der Waals surface area contributed by atoms with Crippen LogP contribution >= 0.6 is 0 Å². The number of rotatable bonds is 11. The zero-order chi connectivity index (χ0) is 26.4. The van der Waals surface area contributed by atoms with E-state index in [2.05, 4.69) is 22.3 Å². The predicted molar refractivity (Wildman–Crippen MR) is 147 cm³/mol. The lowest BCUT2D eigenvalue weighted by Crippen LogP contribution is -2.51. The van der Waals surface area contributed by atoms with Crippen LogP contribution in [0.3, 0.4) is 0 Å². The Kier molecular flexibility index (Phi) is 8.17. The average Bonchev–Trinajstić information content (AvgIpc) is 3.78. The Balaban J connectivity index is 1.31. The second-order valence-electron chi connectivity index (χ2n) is 9.80. The highest BCUT2D eigenvalue weighted by Gasteiger charge is 2.54. The van der Waals surface area contributed by atoms with Gasteiger partial charge in [0.15, 0.2) is 5.78 Å². The Hall–Kier alpha value is -3.52. The van der Waals surface area contributed by atoms with Crippen LogP contribution in [-0.4, -0.2) is 68.8 Å². The Bertz CT molecular complexity index is 1250. The number of ether oxygens (including phenoxy) is 3. The number of hydrogen-bond donors (Lipinski definition) is 1. The molecule has 7 heteroatoms. The van der Waals surface area contributed by atoms with Gasteiger partial charge in [-0.15, -0.1) is 0 Å². The van der Waals surface area contributed by atoms with Gasteiger partial charge in [0.25, 0.3) is 0 Å². The number of carbonyl (C=O) groups is 2. The maximum atomic E-state index is 13.4. The smallest absolute Gasteiger partial charge is 0.245 e. The number of hydrogen-bond acceptors (Lipinski definition) is 6. The molecule has 1 aliphatic carbocycles. The maximum absolute atomic E-state index is 13.4. The third-order valence-corrected chi connectivity index (χ3v) is 7.28. The number of benzene rings is 3. The van der Waals surface area contributed by atoms with E-state index in [0.29, 0.717) is 43.4 Å². The zero-order valence-electron chi connectivity index (χ0n) is 21.8. The van der Waals surface area contributed by atoms with E-state index in [4.69, 9.17) is 14.2 Å². The van der Waals surface area contributed by atoms with Crippen LogP contribution in [0.1, 0.15) is 28.8 Å². The molecule has 0 bridgehead atoms. The molecular weight excluding hydrogens is 480 g/mol. The van der Waals surface area contributed by atoms with Crippen molar-refractivity contribution in [3.63, 3.8) is 0 Å².